The lowest BCUT2D eigenvalue weighted by Crippen LogP contribution is -2.42. The molecule has 1 aromatic carbocycles. The molecule has 0 radical (unpaired) electrons. The van der Waals surface area contributed by atoms with E-state index in [1.165, 1.54) is 0 Å². The first kappa shape index (κ1) is 17.1. The molecular weight excluding hydrogens is 272 g/mol. The molecular formula is C15H26N2O2S. The topological polar surface area (TPSA) is 63.4 Å². The summed E-state index contributed by atoms with van der Waals surface area (Å²) < 4.78 is 27.0. The van der Waals surface area contributed by atoms with Gasteiger partial charge >= 0.3 is 0 Å². The van der Waals surface area contributed by atoms with Gasteiger partial charge in [-0.1, -0.05) is 38.5 Å². The maximum Gasteiger partial charge on any atom is 0.243 e. The zero-order valence-corrected chi connectivity index (χ0v) is 13.7. The van der Waals surface area contributed by atoms with Gasteiger partial charge in [-0.15, -0.1) is 0 Å². The third kappa shape index (κ3) is 4.30. The lowest BCUT2D eigenvalue weighted by Gasteiger charge is -2.31. The molecule has 0 aliphatic heterocycles. The van der Waals surface area contributed by atoms with E-state index in [0.717, 1.165) is 12.0 Å². The Balaban J connectivity index is 3.09. The average Bonchev–Trinajstić information content (AvgIpc) is 2.38. The second-order valence-corrected chi connectivity index (χ2v) is 7.96. The fraction of sp³-hybridized carbons (Fsp3) is 0.600. The summed E-state index contributed by atoms with van der Waals surface area (Å²) in [4.78, 5) is 0.351. The summed E-state index contributed by atoms with van der Waals surface area (Å²) in [6.07, 6.45) is 0.783. The van der Waals surface area contributed by atoms with Crippen molar-refractivity contribution in [3.8, 4) is 0 Å². The number of aryl methyl sites for hydroxylation is 1. The minimum absolute atomic E-state index is 0.229. The lowest BCUT2D eigenvalue weighted by molar-refractivity contribution is 0.266. The lowest BCUT2D eigenvalue weighted by atomic mass is 9.94. The highest BCUT2D eigenvalue weighted by Crippen LogP contribution is 2.22. The number of nitrogens with zero attached hydrogens (tertiary/aromatic N) is 1. The Hall–Kier alpha value is -0.910. The Labute approximate surface area is 123 Å². The van der Waals surface area contributed by atoms with Gasteiger partial charge in [0, 0.05) is 13.1 Å². The fourth-order valence-electron chi connectivity index (χ4n) is 1.93. The highest BCUT2D eigenvalue weighted by atomic mass is 32.2. The predicted molar refractivity (Wildman–Crippen MR) is 83.1 cm³/mol. The number of hydrogen-bond acceptors (Lipinski definition) is 3. The SMILES string of the molecule is CCCN(CC(C)(C)CN)S(=O)(=O)c1ccc(C)cc1. The first-order valence-electron chi connectivity index (χ1n) is 7.00. The standard InChI is InChI=1S/C15H26N2O2S/c1-5-10-17(12-15(3,4)11-16)20(18,19)14-8-6-13(2)7-9-14/h6-9H,5,10-12,16H2,1-4H3. The number of hydrogen-bond donors (Lipinski definition) is 1. The molecule has 1 rings (SSSR count). The van der Waals surface area contributed by atoms with Crippen molar-refractivity contribution in [1.29, 1.82) is 0 Å². The first-order valence-corrected chi connectivity index (χ1v) is 8.44. The fourth-order valence-corrected chi connectivity index (χ4v) is 3.66. The zero-order chi connectivity index (χ0) is 15.4. The van der Waals surface area contributed by atoms with Crippen molar-refractivity contribution in [3.05, 3.63) is 29.8 Å². The van der Waals surface area contributed by atoms with Gasteiger partial charge in [-0.05, 0) is 37.4 Å². The molecule has 0 saturated heterocycles. The molecule has 0 aliphatic rings. The van der Waals surface area contributed by atoms with E-state index in [-0.39, 0.29) is 5.41 Å². The minimum atomic E-state index is -3.45. The van der Waals surface area contributed by atoms with E-state index in [9.17, 15) is 8.42 Å². The normalized spacial score (nSPS) is 12.9. The minimum Gasteiger partial charge on any atom is -0.330 e. The Morgan fingerprint density at radius 1 is 1.20 bits per heavy atom. The summed E-state index contributed by atoms with van der Waals surface area (Å²) in [6.45, 7) is 9.30. The van der Waals surface area contributed by atoms with Gasteiger partial charge in [0.25, 0.3) is 0 Å². The Kier molecular flexibility index (Phi) is 5.74. The van der Waals surface area contributed by atoms with Crippen molar-refractivity contribution >= 4 is 10.0 Å². The Morgan fingerprint density at radius 2 is 1.75 bits per heavy atom. The van der Waals surface area contributed by atoms with Gasteiger partial charge in [-0.3, -0.25) is 0 Å². The summed E-state index contributed by atoms with van der Waals surface area (Å²) in [6, 6.07) is 6.99. The largest absolute Gasteiger partial charge is 0.330 e. The van der Waals surface area contributed by atoms with Crippen LogP contribution in [0.5, 0.6) is 0 Å². The summed E-state index contributed by atoms with van der Waals surface area (Å²) >= 11 is 0. The van der Waals surface area contributed by atoms with Crippen molar-refractivity contribution < 1.29 is 8.42 Å². The molecule has 0 spiro atoms. The molecule has 4 nitrogen and oxygen atoms in total. The molecule has 0 amide bonds. The van der Waals surface area contributed by atoms with Crippen LogP contribution in [0.4, 0.5) is 0 Å². The molecule has 0 bridgehead atoms. The third-order valence-electron chi connectivity index (χ3n) is 3.29. The summed E-state index contributed by atoms with van der Waals surface area (Å²) in [5, 5.41) is 0. The van der Waals surface area contributed by atoms with Gasteiger partial charge in [0.1, 0.15) is 0 Å². The van der Waals surface area contributed by atoms with Crippen LogP contribution < -0.4 is 5.73 Å². The summed E-state index contributed by atoms with van der Waals surface area (Å²) in [5.41, 5.74) is 6.55. The van der Waals surface area contributed by atoms with E-state index >= 15 is 0 Å². The van der Waals surface area contributed by atoms with Crippen molar-refractivity contribution in [2.24, 2.45) is 11.1 Å². The Bertz CT molecular complexity index is 521. The molecule has 2 N–H and O–H groups in total. The maximum atomic E-state index is 12.7. The summed E-state index contributed by atoms with van der Waals surface area (Å²) in [7, 11) is -3.45. The van der Waals surface area contributed by atoms with Crippen LogP contribution in [0.15, 0.2) is 29.2 Å². The van der Waals surface area contributed by atoms with E-state index in [1.807, 2.05) is 39.8 Å². The molecule has 0 heterocycles. The maximum absolute atomic E-state index is 12.7. The summed E-state index contributed by atoms with van der Waals surface area (Å²) in [5.74, 6) is 0. The molecule has 0 aromatic heterocycles. The molecule has 5 heteroatoms. The van der Waals surface area contributed by atoms with Crippen molar-refractivity contribution in [2.45, 2.75) is 39.0 Å². The van der Waals surface area contributed by atoms with E-state index < -0.39 is 10.0 Å². The van der Waals surface area contributed by atoms with Crippen molar-refractivity contribution in [1.82, 2.24) is 4.31 Å². The average molecular weight is 298 g/mol. The molecule has 1 aromatic rings. The highest BCUT2D eigenvalue weighted by molar-refractivity contribution is 7.89. The molecule has 0 fully saturated rings. The predicted octanol–water partition coefficient (Wildman–Crippen LogP) is 2.38. The van der Waals surface area contributed by atoms with E-state index in [2.05, 4.69) is 0 Å². The van der Waals surface area contributed by atoms with Crippen LogP contribution in [0.1, 0.15) is 32.8 Å². The van der Waals surface area contributed by atoms with Crippen LogP contribution in [0.25, 0.3) is 0 Å². The number of nitrogens with two attached hydrogens (primary N) is 1. The van der Waals surface area contributed by atoms with Crippen molar-refractivity contribution in [3.63, 3.8) is 0 Å². The number of rotatable bonds is 7. The van der Waals surface area contributed by atoms with Crippen molar-refractivity contribution in [2.75, 3.05) is 19.6 Å². The van der Waals surface area contributed by atoms with Crippen LogP contribution >= 0.6 is 0 Å². The van der Waals surface area contributed by atoms with Crippen LogP contribution in [-0.4, -0.2) is 32.4 Å². The van der Waals surface area contributed by atoms with Gasteiger partial charge in [-0.25, -0.2) is 8.42 Å². The van der Waals surface area contributed by atoms with Crippen LogP contribution in [-0.2, 0) is 10.0 Å². The number of benzene rings is 1. The van der Waals surface area contributed by atoms with E-state index in [4.69, 9.17) is 5.73 Å². The first-order chi connectivity index (χ1) is 9.23. The van der Waals surface area contributed by atoms with Gasteiger partial charge in [0.05, 0.1) is 4.90 Å². The molecule has 0 saturated carbocycles. The van der Waals surface area contributed by atoms with Gasteiger partial charge in [-0.2, -0.15) is 4.31 Å². The molecule has 0 unspecified atom stereocenters. The van der Waals surface area contributed by atoms with E-state index in [0.29, 0.717) is 24.5 Å². The van der Waals surface area contributed by atoms with Crippen LogP contribution in [0.3, 0.4) is 0 Å². The Morgan fingerprint density at radius 3 is 2.20 bits per heavy atom. The molecule has 20 heavy (non-hydrogen) atoms. The highest BCUT2D eigenvalue weighted by Gasteiger charge is 2.29. The molecule has 114 valence electrons. The quantitative estimate of drug-likeness (QED) is 0.840. The zero-order valence-electron chi connectivity index (χ0n) is 12.9. The molecule has 0 aliphatic carbocycles. The van der Waals surface area contributed by atoms with E-state index in [1.54, 1.807) is 16.4 Å². The third-order valence-corrected chi connectivity index (χ3v) is 5.15. The second kappa shape index (κ2) is 6.70. The second-order valence-electron chi connectivity index (χ2n) is 6.02. The van der Waals surface area contributed by atoms with Gasteiger partial charge in [0.15, 0.2) is 0 Å². The van der Waals surface area contributed by atoms with Gasteiger partial charge in [0.2, 0.25) is 10.0 Å². The van der Waals surface area contributed by atoms with Gasteiger partial charge < -0.3 is 5.73 Å². The molecule has 0 atom stereocenters. The van der Waals surface area contributed by atoms with Crippen LogP contribution in [0, 0.1) is 12.3 Å². The monoisotopic (exact) mass is 298 g/mol. The van der Waals surface area contributed by atoms with Crippen LogP contribution in [0.2, 0.25) is 0 Å². The smallest absolute Gasteiger partial charge is 0.243 e. The number of sulfonamides is 1.